The first-order chi connectivity index (χ1) is 9.65. The van der Waals surface area contributed by atoms with Gasteiger partial charge in [-0.2, -0.15) is 0 Å². The number of rotatable bonds is 7. The van der Waals surface area contributed by atoms with Crippen LogP contribution in [-0.4, -0.2) is 57.9 Å². The van der Waals surface area contributed by atoms with Gasteiger partial charge in [-0.1, -0.05) is 18.7 Å². The van der Waals surface area contributed by atoms with Crippen LogP contribution in [0.15, 0.2) is 5.16 Å². The molecule has 1 N–H and O–H groups in total. The molecule has 1 atom stereocenters. The van der Waals surface area contributed by atoms with E-state index in [2.05, 4.69) is 22.0 Å². The lowest BCUT2D eigenvalue weighted by Gasteiger charge is -2.18. The third-order valence-electron chi connectivity index (χ3n) is 3.23. The summed E-state index contributed by atoms with van der Waals surface area (Å²) in [6, 6.07) is 0. The maximum atomic E-state index is 10.7. The Morgan fingerprint density at radius 3 is 2.95 bits per heavy atom. The summed E-state index contributed by atoms with van der Waals surface area (Å²) < 4.78 is 7.37. The van der Waals surface area contributed by atoms with Crippen LogP contribution in [0.4, 0.5) is 5.95 Å². The normalized spacial score (nSPS) is 18.7. The van der Waals surface area contributed by atoms with E-state index in [0.717, 1.165) is 38.4 Å². The van der Waals surface area contributed by atoms with Gasteiger partial charge in [-0.3, -0.25) is 9.36 Å². The Kier molecular flexibility index (Phi) is 5.24. The molecule has 7 nitrogen and oxygen atoms in total. The van der Waals surface area contributed by atoms with E-state index in [1.165, 1.54) is 11.8 Å². The van der Waals surface area contributed by atoms with Crippen LogP contribution >= 0.6 is 11.8 Å². The van der Waals surface area contributed by atoms with Crippen LogP contribution in [0, 0.1) is 0 Å². The molecule has 1 aliphatic rings. The topological polar surface area (TPSA) is 80.5 Å². The maximum Gasteiger partial charge on any atom is 0.313 e. The van der Waals surface area contributed by atoms with E-state index in [4.69, 9.17) is 9.84 Å². The Bertz CT molecular complexity index is 466. The monoisotopic (exact) mass is 300 g/mol. The van der Waals surface area contributed by atoms with Crippen molar-refractivity contribution in [3.63, 3.8) is 0 Å². The number of carboxylic acid groups (broad SMARTS) is 1. The number of aliphatic carboxylic acids is 1. The Morgan fingerprint density at radius 1 is 1.55 bits per heavy atom. The quantitative estimate of drug-likeness (QED) is 0.755. The zero-order chi connectivity index (χ0) is 14.5. The van der Waals surface area contributed by atoms with Crippen LogP contribution in [0.25, 0.3) is 0 Å². The lowest BCUT2D eigenvalue weighted by atomic mass is 10.3. The summed E-state index contributed by atoms with van der Waals surface area (Å²) in [7, 11) is 1.72. The van der Waals surface area contributed by atoms with E-state index in [-0.39, 0.29) is 11.9 Å². The molecular formula is C12H20N4O3S. The summed E-state index contributed by atoms with van der Waals surface area (Å²) >= 11 is 1.21. The number of nitrogens with zero attached hydrogens (tertiary/aromatic N) is 4. The lowest BCUT2D eigenvalue weighted by molar-refractivity contribution is -0.133. The van der Waals surface area contributed by atoms with E-state index >= 15 is 0 Å². The zero-order valence-electron chi connectivity index (χ0n) is 11.8. The van der Waals surface area contributed by atoms with Gasteiger partial charge in [-0.25, -0.2) is 0 Å². The number of carbonyl (C=O) groups is 1. The third kappa shape index (κ3) is 3.43. The molecule has 1 saturated heterocycles. The van der Waals surface area contributed by atoms with Crippen molar-refractivity contribution in [1.82, 2.24) is 14.8 Å². The van der Waals surface area contributed by atoms with Crippen molar-refractivity contribution in [3.8, 4) is 0 Å². The van der Waals surface area contributed by atoms with Crippen molar-refractivity contribution >= 4 is 23.7 Å². The van der Waals surface area contributed by atoms with Gasteiger partial charge in [-0.15, -0.1) is 10.2 Å². The molecule has 0 aliphatic carbocycles. The van der Waals surface area contributed by atoms with E-state index in [1.54, 1.807) is 7.11 Å². The number of methoxy groups -OCH3 is 1. The zero-order valence-corrected chi connectivity index (χ0v) is 12.6. The molecule has 1 aromatic heterocycles. The van der Waals surface area contributed by atoms with Crippen LogP contribution in [0.1, 0.15) is 19.8 Å². The van der Waals surface area contributed by atoms with Crippen molar-refractivity contribution < 1.29 is 14.6 Å². The number of aromatic nitrogens is 3. The van der Waals surface area contributed by atoms with Crippen molar-refractivity contribution in [2.24, 2.45) is 0 Å². The highest BCUT2D eigenvalue weighted by atomic mass is 32.2. The second kappa shape index (κ2) is 6.94. The molecule has 1 aliphatic heterocycles. The Morgan fingerprint density at radius 2 is 2.35 bits per heavy atom. The number of anilines is 1. The van der Waals surface area contributed by atoms with Gasteiger partial charge in [0.2, 0.25) is 5.95 Å². The van der Waals surface area contributed by atoms with Crippen molar-refractivity contribution in [1.29, 1.82) is 0 Å². The highest BCUT2D eigenvalue weighted by Crippen LogP contribution is 2.25. The smallest absolute Gasteiger partial charge is 0.313 e. The summed E-state index contributed by atoms with van der Waals surface area (Å²) in [5.74, 6) is -0.0229. The SMILES string of the molecule is CCCn1c(SCC(=O)O)nnc1N1CCC(OC)C1. The summed E-state index contributed by atoms with van der Waals surface area (Å²) in [4.78, 5) is 12.8. The highest BCUT2D eigenvalue weighted by molar-refractivity contribution is 7.99. The second-order valence-electron chi connectivity index (χ2n) is 4.71. The van der Waals surface area contributed by atoms with Gasteiger partial charge in [0.05, 0.1) is 11.9 Å². The fourth-order valence-corrected chi connectivity index (χ4v) is 2.95. The van der Waals surface area contributed by atoms with E-state index < -0.39 is 5.97 Å². The van der Waals surface area contributed by atoms with Gasteiger partial charge >= 0.3 is 5.97 Å². The number of ether oxygens (including phenoxy) is 1. The summed E-state index contributed by atoms with van der Waals surface area (Å²) in [5.41, 5.74) is 0. The molecule has 2 heterocycles. The minimum Gasteiger partial charge on any atom is -0.481 e. The van der Waals surface area contributed by atoms with Gasteiger partial charge in [0.1, 0.15) is 0 Å². The van der Waals surface area contributed by atoms with Crippen LogP contribution in [0.5, 0.6) is 0 Å². The van der Waals surface area contributed by atoms with Gasteiger partial charge in [0.25, 0.3) is 0 Å². The largest absolute Gasteiger partial charge is 0.481 e. The molecule has 0 aromatic carbocycles. The average Bonchev–Trinajstić information content (AvgIpc) is 3.03. The summed E-state index contributed by atoms with van der Waals surface area (Å²) in [6.07, 6.45) is 2.16. The van der Waals surface area contributed by atoms with Gasteiger partial charge in [-0.05, 0) is 12.8 Å². The molecule has 1 aromatic rings. The van der Waals surface area contributed by atoms with E-state index in [9.17, 15) is 4.79 Å². The molecule has 0 bridgehead atoms. The standard InChI is InChI=1S/C12H20N4O3S/c1-3-5-16-11(15-6-4-9(7-15)19-2)13-14-12(16)20-8-10(17)18/h9H,3-8H2,1-2H3,(H,17,18). The number of hydrogen-bond donors (Lipinski definition) is 1. The Labute approximate surface area is 122 Å². The van der Waals surface area contributed by atoms with Gasteiger partial charge in [0, 0.05) is 26.7 Å². The predicted octanol–water partition coefficient (Wildman–Crippen LogP) is 1.09. The molecule has 0 spiro atoms. The van der Waals surface area contributed by atoms with E-state index in [1.807, 2.05) is 4.57 Å². The number of hydrogen-bond acceptors (Lipinski definition) is 6. The maximum absolute atomic E-state index is 10.7. The van der Waals surface area contributed by atoms with Gasteiger partial charge in [0.15, 0.2) is 5.16 Å². The second-order valence-corrected chi connectivity index (χ2v) is 5.65. The first-order valence-corrected chi connectivity index (χ1v) is 7.69. The molecular weight excluding hydrogens is 280 g/mol. The van der Waals surface area contributed by atoms with E-state index in [0.29, 0.717) is 5.16 Å². The van der Waals surface area contributed by atoms with Crippen molar-refractivity contribution in [2.75, 3.05) is 30.9 Å². The molecule has 0 amide bonds. The van der Waals surface area contributed by atoms with Crippen LogP contribution in [0.3, 0.4) is 0 Å². The van der Waals surface area contributed by atoms with Crippen LogP contribution in [-0.2, 0) is 16.1 Å². The average molecular weight is 300 g/mol. The Balaban J connectivity index is 2.14. The number of carboxylic acids is 1. The molecule has 0 radical (unpaired) electrons. The summed E-state index contributed by atoms with van der Waals surface area (Å²) in [6.45, 7) is 4.57. The first-order valence-electron chi connectivity index (χ1n) is 6.71. The van der Waals surface area contributed by atoms with Crippen molar-refractivity contribution in [2.45, 2.75) is 37.6 Å². The third-order valence-corrected chi connectivity index (χ3v) is 4.18. The molecule has 2 rings (SSSR count). The fraction of sp³-hybridized carbons (Fsp3) is 0.750. The van der Waals surface area contributed by atoms with Crippen molar-refractivity contribution in [3.05, 3.63) is 0 Å². The molecule has 1 unspecified atom stereocenters. The predicted molar refractivity (Wildman–Crippen MR) is 76.3 cm³/mol. The van der Waals surface area contributed by atoms with Crippen LogP contribution < -0.4 is 4.90 Å². The molecule has 8 heteroatoms. The number of thioether (sulfide) groups is 1. The highest BCUT2D eigenvalue weighted by Gasteiger charge is 2.27. The first kappa shape index (κ1) is 15.1. The minimum absolute atomic E-state index is 0.00252. The minimum atomic E-state index is -0.844. The Hall–Kier alpha value is -1.28. The fourth-order valence-electron chi connectivity index (χ4n) is 2.27. The lowest BCUT2D eigenvalue weighted by Crippen LogP contribution is -2.25. The molecule has 0 saturated carbocycles. The molecule has 20 heavy (non-hydrogen) atoms. The molecule has 112 valence electrons. The van der Waals surface area contributed by atoms with Crippen LogP contribution in [0.2, 0.25) is 0 Å². The molecule has 1 fully saturated rings. The van der Waals surface area contributed by atoms with Gasteiger partial charge < -0.3 is 14.7 Å². The summed E-state index contributed by atoms with van der Waals surface area (Å²) in [5, 5.41) is 17.8.